The van der Waals surface area contributed by atoms with E-state index in [1.54, 1.807) is 6.20 Å². The molecule has 0 radical (unpaired) electrons. The highest BCUT2D eigenvalue weighted by Crippen LogP contribution is 2.11. The first-order chi connectivity index (χ1) is 8.20. The zero-order chi connectivity index (χ0) is 12.3. The molecule has 0 aliphatic rings. The van der Waals surface area contributed by atoms with E-state index in [4.69, 9.17) is 5.73 Å². The van der Waals surface area contributed by atoms with Crippen molar-refractivity contribution in [3.05, 3.63) is 30.4 Å². The molecule has 17 heavy (non-hydrogen) atoms. The van der Waals surface area contributed by atoms with Gasteiger partial charge in [-0.2, -0.15) is 0 Å². The fraction of sp³-hybridized carbons (Fsp3) is 0.417. The Labute approximate surface area is 101 Å². The Bertz CT molecular complexity index is 474. The second-order valence-electron chi connectivity index (χ2n) is 4.15. The minimum atomic E-state index is 0.178. The summed E-state index contributed by atoms with van der Waals surface area (Å²) in [7, 11) is 1.92. The Balaban J connectivity index is 2.16. The van der Waals surface area contributed by atoms with Crippen LogP contribution < -0.4 is 5.73 Å². The fourth-order valence-electron chi connectivity index (χ4n) is 1.60. The van der Waals surface area contributed by atoms with Crippen molar-refractivity contribution in [3.63, 3.8) is 0 Å². The number of imidazole rings is 1. The average Bonchev–Trinajstić information content (AvgIpc) is 2.76. The first-order valence-electron chi connectivity index (χ1n) is 5.75. The molecule has 1 atom stereocenters. The Morgan fingerprint density at radius 1 is 1.29 bits per heavy atom. The Kier molecular flexibility index (Phi) is 3.49. The van der Waals surface area contributed by atoms with Gasteiger partial charge < -0.3 is 10.3 Å². The molecule has 0 bridgehead atoms. The maximum Gasteiger partial charge on any atom is 0.195 e. The topological polar surface area (TPSA) is 69.6 Å². The predicted molar refractivity (Wildman–Crippen MR) is 66.2 cm³/mol. The van der Waals surface area contributed by atoms with E-state index in [9.17, 15) is 0 Å². The van der Waals surface area contributed by atoms with Gasteiger partial charge in [0.1, 0.15) is 0 Å². The third kappa shape index (κ3) is 2.68. The maximum atomic E-state index is 5.89. The second kappa shape index (κ2) is 5.05. The summed E-state index contributed by atoms with van der Waals surface area (Å²) in [6.45, 7) is 2.08. The van der Waals surface area contributed by atoms with Crippen molar-refractivity contribution >= 4 is 0 Å². The molecule has 90 valence electrons. The molecule has 0 fully saturated rings. The van der Waals surface area contributed by atoms with Crippen molar-refractivity contribution in [3.8, 4) is 11.6 Å². The van der Waals surface area contributed by atoms with Crippen molar-refractivity contribution < 1.29 is 0 Å². The number of rotatable bonds is 4. The largest absolute Gasteiger partial charge is 0.331 e. The van der Waals surface area contributed by atoms with Crippen molar-refractivity contribution in [1.82, 2.24) is 19.5 Å². The van der Waals surface area contributed by atoms with Crippen LogP contribution in [0.2, 0.25) is 0 Å². The quantitative estimate of drug-likeness (QED) is 0.857. The molecular formula is C12H17N5. The van der Waals surface area contributed by atoms with Crippen molar-refractivity contribution in [2.45, 2.75) is 25.8 Å². The monoisotopic (exact) mass is 231 g/mol. The molecule has 0 aliphatic carbocycles. The summed E-state index contributed by atoms with van der Waals surface area (Å²) in [5, 5.41) is 0. The molecule has 0 aromatic carbocycles. The number of nitrogens with two attached hydrogens (primary N) is 1. The summed E-state index contributed by atoms with van der Waals surface area (Å²) in [5.41, 5.74) is 6.96. The molecule has 1 unspecified atom stereocenters. The minimum Gasteiger partial charge on any atom is -0.331 e. The van der Waals surface area contributed by atoms with Gasteiger partial charge in [0.05, 0.1) is 0 Å². The van der Waals surface area contributed by atoms with Crippen molar-refractivity contribution in [2.24, 2.45) is 12.8 Å². The Hall–Kier alpha value is -1.75. The molecule has 0 amide bonds. The molecule has 5 nitrogen and oxygen atoms in total. The summed E-state index contributed by atoms with van der Waals surface area (Å²) in [6, 6.07) is 0.178. The zero-order valence-corrected chi connectivity index (χ0v) is 10.2. The minimum absolute atomic E-state index is 0.178. The molecular weight excluding hydrogens is 214 g/mol. The van der Waals surface area contributed by atoms with E-state index in [1.807, 2.05) is 30.2 Å². The van der Waals surface area contributed by atoms with E-state index in [0.29, 0.717) is 5.82 Å². The molecule has 5 heteroatoms. The number of aromatic nitrogens is 4. The second-order valence-corrected chi connectivity index (χ2v) is 4.15. The van der Waals surface area contributed by atoms with Gasteiger partial charge in [-0.1, -0.05) is 6.92 Å². The molecule has 2 aromatic rings. The molecule has 0 saturated carbocycles. The van der Waals surface area contributed by atoms with Gasteiger partial charge >= 0.3 is 0 Å². The number of hydrogen-bond donors (Lipinski definition) is 1. The lowest BCUT2D eigenvalue weighted by atomic mass is 10.1. The van der Waals surface area contributed by atoms with Crippen LogP contribution in [-0.4, -0.2) is 25.6 Å². The normalized spacial score (nSPS) is 12.6. The molecule has 2 aromatic heterocycles. The third-order valence-electron chi connectivity index (χ3n) is 2.75. The zero-order valence-electron chi connectivity index (χ0n) is 10.2. The van der Waals surface area contributed by atoms with Gasteiger partial charge in [-0.25, -0.2) is 15.0 Å². The van der Waals surface area contributed by atoms with Gasteiger partial charge in [-0.15, -0.1) is 0 Å². The van der Waals surface area contributed by atoms with Crippen LogP contribution in [0.3, 0.4) is 0 Å². The molecule has 2 rings (SSSR count). The fourth-order valence-corrected chi connectivity index (χ4v) is 1.60. The van der Waals surface area contributed by atoms with E-state index in [2.05, 4.69) is 21.9 Å². The summed E-state index contributed by atoms with van der Waals surface area (Å²) in [4.78, 5) is 12.8. The van der Waals surface area contributed by atoms with E-state index >= 15 is 0 Å². The number of hydrogen-bond acceptors (Lipinski definition) is 4. The van der Waals surface area contributed by atoms with E-state index in [-0.39, 0.29) is 6.04 Å². The summed E-state index contributed by atoms with van der Waals surface area (Å²) < 4.78 is 1.90. The van der Waals surface area contributed by atoms with Crippen LogP contribution >= 0.6 is 0 Å². The summed E-state index contributed by atoms with van der Waals surface area (Å²) in [5.74, 6) is 1.42. The Morgan fingerprint density at radius 3 is 2.53 bits per heavy atom. The average molecular weight is 231 g/mol. The van der Waals surface area contributed by atoms with Crippen LogP contribution in [0, 0.1) is 0 Å². The SMILES string of the molecule is CCC(N)Cc1cnc(-c2nccn2C)nc1. The number of aryl methyl sites for hydroxylation is 1. The van der Waals surface area contributed by atoms with Crippen LogP contribution in [0.5, 0.6) is 0 Å². The third-order valence-corrected chi connectivity index (χ3v) is 2.75. The summed E-state index contributed by atoms with van der Waals surface area (Å²) in [6.07, 6.45) is 9.04. The molecule has 2 heterocycles. The first-order valence-corrected chi connectivity index (χ1v) is 5.75. The maximum absolute atomic E-state index is 5.89. The van der Waals surface area contributed by atoms with Gasteiger partial charge in [-0.3, -0.25) is 0 Å². The first kappa shape index (κ1) is 11.7. The van der Waals surface area contributed by atoms with Crippen LogP contribution in [-0.2, 0) is 13.5 Å². The van der Waals surface area contributed by atoms with Crippen molar-refractivity contribution in [1.29, 1.82) is 0 Å². The van der Waals surface area contributed by atoms with Gasteiger partial charge in [0.15, 0.2) is 11.6 Å². The van der Waals surface area contributed by atoms with Gasteiger partial charge in [0.25, 0.3) is 0 Å². The molecule has 2 N–H and O–H groups in total. The summed E-state index contributed by atoms with van der Waals surface area (Å²) >= 11 is 0. The lowest BCUT2D eigenvalue weighted by Gasteiger charge is -2.08. The van der Waals surface area contributed by atoms with E-state index in [0.717, 1.165) is 24.2 Å². The molecule has 0 spiro atoms. The highest BCUT2D eigenvalue weighted by atomic mass is 15.1. The van der Waals surface area contributed by atoms with Gasteiger partial charge in [0, 0.05) is 37.9 Å². The van der Waals surface area contributed by atoms with E-state index in [1.165, 1.54) is 0 Å². The van der Waals surface area contributed by atoms with Crippen molar-refractivity contribution in [2.75, 3.05) is 0 Å². The predicted octanol–water partition coefficient (Wildman–Crippen LogP) is 1.16. The molecule has 0 aliphatic heterocycles. The van der Waals surface area contributed by atoms with Crippen LogP contribution in [0.25, 0.3) is 11.6 Å². The lowest BCUT2D eigenvalue weighted by Crippen LogP contribution is -2.21. The highest BCUT2D eigenvalue weighted by molar-refractivity contribution is 5.43. The molecule has 0 saturated heterocycles. The van der Waals surface area contributed by atoms with Gasteiger partial charge in [0.2, 0.25) is 0 Å². The lowest BCUT2D eigenvalue weighted by molar-refractivity contribution is 0.643. The number of nitrogens with zero attached hydrogens (tertiary/aromatic N) is 4. The van der Waals surface area contributed by atoms with Crippen LogP contribution in [0.1, 0.15) is 18.9 Å². The standard InChI is InChI=1S/C12H17N5/c1-3-10(13)6-9-7-15-11(16-8-9)12-14-4-5-17(12)2/h4-5,7-8,10H,3,6,13H2,1-2H3. The van der Waals surface area contributed by atoms with Crippen LogP contribution in [0.15, 0.2) is 24.8 Å². The Morgan fingerprint density at radius 2 is 2.00 bits per heavy atom. The van der Waals surface area contributed by atoms with E-state index < -0.39 is 0 Å². The van der Waals surface area contributed by atoms with Crippen LogP contribution in [0.4, 0.5) is 0 Å². The van der Waals surface area contributed by atoms with Gasteiger partial charge in [-0.05, 0) is 18.4 Å². The highest BCUT2D eigenvalue weighted by Gasteiger charge is 2.07. The smallest absolute Gasteiger partial charge is 0.195 e.